The first kappa shape index (κ1) is 12.3. The van der Waals surface area contributed by atoms with Gasteiger partial charge in [-0.3, -0.25) is 0 Å². The SMILES string of the molecule is Cc1cc2c(n1C1CCCC(C)C1)CCCC2N. The molecule has 2 nitrogen and oxygen atoms in total. The molecule has 0 aliphatic heterocycles. The third kappa shape index (κ3) is 2.01. The minimum atomic E-state index is 0.287. The van der Waals surface area contributed by atoms with E-state index >= 15 is 0 Å². The van der Waals surface area contributed by atoms with E-state index < -0.39 is 0 Å². The predicted octanol–water partition coefficient (Wildman–Crippen LogP) is 3.88. The van der Waals surface area contributed by atoms with Gasteiger partial charge in [-0.15, -0.1) is 0 Å². The Hall–Kier alpha value is -0.760. The van der Waals surface area contributed by atoms with Gasteiger partial charge in [0, 0.05) is 23.5 Å². The fourth-order valence-corrected chi connectivity index (χ4v) is 4.11. The van der Waals surface area contributed by atoms with Crippen molar-refractivity contribution >= 4 is 0 Å². The van der Waals surface area contributed by atoms with Crippen LogP contribution in [-0.2, 0) is 6.42 Å². The van der Waals surface area contributed by atoms with Crippen LogP contribution in [0.2, 0.25) is 0 Å². The Morgan fingerprint density at radius 1 is 1.22 bits per heavy atom. The zero-order valence-corrected chi connectivity index (χ0v) is 11.8. The second-order valence-corrected chi connectivity index (χ2v) is 6.48. The molecule has 0 aromatic carbocycles. The maximum atomic E-state index is 6.27. The average Bonchev–Trinajstić information content (AvgIpc) is 2.67. The van der Waals surface area contributed by atoms with E-state index in [9.17, 15) is 0 Å². The number of fused-ring (bicyclic) bond motifs is 1. The molecule has 1 heterocycles. The topological polar surface area (TPSA) is 30.9 Å². The van der Waals surface area contributed by atoms with E-state index in [1.807, 2.05) is 0 Å². The molecule has 3 unspecified atom stereocenters. The minimum Gasteiger partial charge on any atom is -0.346 e. The van der Waals surface area contributed by atoms with E-state index in [1.165, 1.54) is 49.8 Å². The molecule has 0 amide bonds. The number of nitrogens with two attached hydrogens (primary N) is 1. The highest BCUT2D eigenvalue weighted by molar-refractivity contribution is 5.33. The Labute approximate surface area is 111 Å². The quantitative estimate of drug-likeness (QED) is 0.801. The van der Waals surface area contributed by atoms with Crippen LogP contribution in [-0.4, -0.2) is 4.57 Å². The monoisotopic (exact) mass is 246 g/mol. The number of nitrogens with zero attached hydrogens (tertiary/aromatic N) is 1. The van der Waals surface area contributed by atoms with E-state index in [-0.39, 0.29) is 6.04 Å². The lowest BCUT2D eigenvalue weighted by atomic mass is 9.86. The van der Waals surface area contributed by atoms with Crippen LogP contribution in [0, 0.1) is 12.8 Å². The van der Waals surface area contributed by atoms with Gasteiger partial charge in [-0.1, -0.05) is 19.8 Å². The van der Waals surface area contributed by atoms with Gasteiger partial charge < -0.3 is 10.3 Å². The Morgan fingerprint density at radius 2 is 2.06 bits per heavy atom. The van der Waals surface area contributed by atoms with E-state index in [2.05, 4.69) is 24.5 Å². The van der Waals surface area contributed by atoms with Crippen molar-refractivity contribution in [2.24, 2.45) is 11.7 Å². The molecule has 0 saturated heterocycles. The number of aromatic nitrogens is 1. The molecule has 1 aromatic heterocycles. The molecule has 2 aliphatic rings. The van der Waals surface area contributed by atoms with Crippen LogP contribution < -0.4 is 5.73 Å². The van der Waals surface area contributed by atoms with Crippen LogP contribution in [0.5, 0.6) is 0 Å². The first-order valence-corrected chi connectivity index (χ1v) is 7.63. The Balaban J connectivity index is 1.96. The highest BCUT2D eigenvalue weighted by Gasteiger charge is 2.27. The van der Waals surface area contributed by atoms with Crippen LogP contribution >= 0.6 is 0 Å². The molecule has 2 N–H and O–H groups in total. The Bertz CT molecular complexity index is 433. The fourth-order valence-electron chi connectivity index (χ4n) is 4.11. The lowest BCUT2D eigenvalue weighted by Gasteiger charge is -2.32. The van der Waals surface area contributed by atoms with Gasteiger partial charge in [-0.2, -0.15) is 0 Å². The van der Waals surface area contributed by atoms with Gasteiger partial charge in [0.1, 0.15) is 0 Å². The summed E-state index contributed by atoms with van der Waals surface area (Å²) in [7, 11) is 0. The van der Waals surface area contributed by atoms with Gasteiger partial charge in [0.2, 0.25) is 0 Å². The summed E-state index contributed by atoms with van der Waals surface area (Å²) in [5, 5.41) is 0. The molecule has 3 atom stereocenters. The summed E-state index contributed by atoms with van der Waals surface area (Å²) in [5.74, 6) is 0.887. The standard InChI is InChI=1S/C16H26N2/c1-11-5-3-6-13(9-11)18-12(2)10-14-15(17)7-4-8-16(14)18/h10-11,13,15H,3-9,17H2,1-2H3. The smallest absolute Gasteiger partial charge is 0.0338 e. The van der Waals surface area contributed by atoms with Crippen LogP contribution in [0.3, 0.4) is 0 Å². The van der Waals surface area contributed by atoms with E-state index in [0.717, 1.165) is 18.4 Å². The van der Waals surface area contributed by atoms with Gasteiger partial charge in [-0.25, -0.2) is 0 Å². The normalized spacial score (nSPS) is 32.3. The lowest BCUT2D eigenvalue weighted by molar-refractivity contribution is 0.274. The average molecular weight is 246 g/mol. The minimum absolute atomic E-state index is 0.287. The number of hydrogen-bond donors (Lipinski definition) is 1. The molecule has 0 spiro atoms. The van der Waals surface area contributed by atoms with Gasteiger partial charge in [0.25, 0.3) is 0 Å². The first-order chi connectivity index (χ1) is 8.66. The van der Waals surface area contributed by atoms with Crippen LogP contribution in [0.25, 0.3) is 0 Å². The van der Waals surface area contributed by atoms with Crippen molar-refractivity contribution in [2.45, 2.75) is 70.9 Å². The molecule has 3 rings (SSSR count). The van der Waals surface area contributed by atoms with E-state index in [1.54, 1.807) is 5.69 Å². The van der Waals surface area contributed by atoms with E-state index in [4.69, 9.17) is 5.73 Å². The summed E-state index contributed by atoms with van der Waals surface area (Å²) in [6.07, 6.45) is 9.20. The molecule has 1 aromatic rings. The molecule has 2 heteroatoms. The van der Waals surface area contributed by atoms with Crippen molar-refractivity contribution in [2.75, 3.05) is 0 Å². The van der Waals surface area contributed by atoms with Crippen molar-refractivity contribution in [3.05, 3.63) is 23.0 Å². The highest BCUT2D eigenvalue weighted by atomic mass is 15.0. The van der Waals surface area contributed by atoms with Crippen molar-refractivity contribution in [3.63, 3.8) is 0 Å². The maximum absolute atomic E-state index is 6.27. The molecular weight excluding hydrogens is 220 g/mol. The van der Waals surface area contributed by atoms with Crippen molar-refractivity contribution < 1.29 is 0 Å². The van der Waals surface area contributed by atoms with Gasteiger partial charge >= 0.3 is 0 Å². The molecule has 2 aliphatic carbocycles. The largest absolute Gasteiger partial charge is 0.346 e. The van der Waals surface area contributed by atoms with Gasteiger partial charge in [-0.05, 0) is 56.6 Å². The number of hydrogen-bond acceptors (Lipinski definition) is 1. The summed E-state index contributed by atoms with van der Waals surface area (Å²) >= 11 is 0. The van der Waals surface area contributed by atoms with Crippen LogP contribution in [0.1, 0.15) is 74.5 Å². The number of rotatable bonds is 1. The van der Waals surface area contributed by atoms with Gasteiger partial charge in [0.15, 0.2) is 0 Å². The fraction of sp³-hybridized carbons (Fsp3) is 0.750. The zero-order valence-electron chi connectivity index (χ0n) is 11.8. The summed E-state index contributed by atoms with van der Waals surface area (Å²) in [6, 6.07) is 3.39. The van der Waals surface area contributed by atoms with Crippen LogP contribution in [0.15, 0.2) is 6.07 Å². The number of aryl methyl sites for hydroxylation is 1. The first-order valence-electron chi connectivity index (χ1n) is 7.63. The van der Waals surface area contributed by atoms with Crippen LogP contribution in [0.4, 0.5) is 0 Å². The summed E-state index contributed by atoms with van der Waals surface area (Å²) in [4.78, 5) is 0. The molecular formula is C16H26N2. The molecule has 100 valence electrons. The second kappa shape index (κ2) is 4.73. The summed E-state index contributed by atoms with van der Waals surface area (Å²) in [5.41, 5.74) is 10.7. The molecule has 1 saturated carbocycles. The zero-order chi connectivity index (χ0) is 12.7. The summed E-state index contributed by atoms with van der Waals surface area (Å²) < 4.78 is 2.64. The third-order valence-electron chi connectivity index (χ3n) is 4.97. The van der Waals surface area contributed by atoms with Crippen molar-refractivity contribution in [1.29, 1.82) is 0 Å². The second-order valence-electron chi connectivity index (χ2n) is 6.48. The molecule has 1 fully saturated rings. The maximum Gasteiger partial charge on any atom is 0.0338 e. The summed E-state index contributed by atoms with van der Waals surface area (Å²) in [6.45, 7) is 4.67. The Morgan fingerprint density at radius 3 is 2.83 bits per heavy atom. The highest BCUT2D eigenvalue weighted by Crippen LogP contribution is 2.38. The molecule has 0 radical (unpaired) electrons. The lowest BCUT2D eigenvalue weighted by Crippen LogP contribution is -2.23. The Kier molecular flexibility index (Phi) is 3.23. The molecule has 0 bridgehead atoms. The van der Waals surface area contributed by atoms with Gasteiger partial charge in [0.05, 0.1) is 0 Å². The molecule has 18 heavy (non-hydrogen) atoms. The van der Waals surface area contributed by atoms with Crippen molar-refractivity contribution in [3.8, 4) is 0 Å². The third-order valence-corrected chi connectivity index (χ3v) is 4.97. The van der Waals surface area contributed by atoms with E-state index in [0.29, 0.717) is 0 Å². The predicted molar refractivity (Wildman–Crippen MR) is 75.7 cm³/mol. The van der Waals surface area contributed by atoms with Crippen molar-refractivity contribution in [1.82, 2.24) is 4.57 Å².